The highest BCUT2D eigenvalue weighted by atomic mass is 16.5. The first-order chi connectivity index (χ1) is 7.33. The van der Waals surface area contributed by atoms with Crippen molar-refractivity contribution in [2.24, 2.45) is 5.92 Å². The van der Waals surface area contributed by atoms with Crippen molar-refractivity contribution in [3.63, 3.8) is 0 Å². The van der Waals surface area contributed by atoms with Crippen LogP contribution in [0.3, 0.4) is 0 Å². The third-order valence-electron chi connectivity index (χ3n) is 2.46. The van der Waals surface area contributed by atoms with Crippen molar-refractivity contribution in [3.05, 3.63) is 23.8 Å². The molecule has 2 rings (SSSR count). The van der Waals surface area contributed by atoms with Gasteiger partial charge in [0.05, 0.1) is 25.3 Å². The Morgan fingerprint density at radius 2 is 2.20 bits per heavy atom. The number of nitriles is 1. The minimum Gasteiger partial charge on any atom is -0.493 e. The molecular weight excluding hydrogens is 190 g/mol. The van der Waals surface area contributed by atoms with Crippen LogP contribution in [0.2, 0.25) is 0 Å². The fraction of sp³-hybridized carbons (Fsp3) is 0.417. The Kier molecular flexibility index (Phi) is 2.77. The molecule has 3 heteroatoms. The molecular formula is C12H13NO2. The van der Waals surface area contributed by atoms with E-state index in [4.69, 9.17) is 14.7 Å². The molecule has 0 heterocycles. The Bertz CT molecular complexity index is 391. The highest BCUT2D eigenvalue weighted by Gasteiger charge is 2.22. The lowest BCUT2D eigenvalue weighted by Gasteiger charge is -2.10. The molecule has 15 heavy (non-hydrogen) atoms. The summed E-state index contributed by atoms with van der Waals surface area (Å²) in [6, 6.07) is 7.30. The Morgan fingerprint density at radius 3 is 2.80 bits per heavy atom. The normalized spacial score (nSPS) is 14.4. The third kappa shape index (κ3) is 2.41. The molecule has 0 spiro atoms. The third-order valence-corrected chi connectivity index (χ3v) is 2.46. The van der Waals surface area contributed by atoms with Crippen molar-refractivity contribution in [3.8, 4) is 17.6 Å². The first-order valence-electron chi connectivity index (χ1n) is 5.04. The molecule has 0 saturated heterocycles. The molecule has 0 aliphatic heterocycles. The molecule has 78 valence electrons. The molecule has 1 aliphatic rings. The lowest BCUT2D eigenvalue weighted by atomic mass is 10.2. The minimum absolute atomic E-state index is 0.599. The highest BCUT2D eigenvalue weighted by Crippen LogP contribution is 2.33. The molecule has 3 nitrogen and oxygen atoms in total. The fourth-order valence-corrected chi connectivity index (χ4v) is 1.35. The number of hydrogen-bond donors (Lipinski definition) is 0. The van der Waals surface area contributed by atoms with Crippen LogP contribution in [0.15, 0.2) is 18.2 Å². The average Bonchev–Trinajstić information content (AvgIpc) is 3.09. The predicted octanol–water partition coefficient (Wildman–Crippen LogP) is 2.36. The maximum atomic E-state index is 8.77. The first-order valence-corrected chi connectivity index (χ1v) is 5.04. The summed E-state index contributed by atoms with van der Waals surface area (Å²) in [5.41, 5.74) is 0.599. The van der Waals surface area contributed by atoms with Crippen molar-refractivity contribution in [1.29, 1.82) is 5.26 Å². The number of ether oxygens (including phenoxy) is 2. The van der Waals surface area contributed by atoms with Gasteiger partial charge in [0.2, 0.25) is 0 Å². The second-order valence-electron chi connectivity index (χ2n) is 3.73. The van der Waals surface area contributed by atoms with Gasteiger partial charge in [-0.25, -0.2) is 0 Å². The topological polar surface area (TPSA) is 42.2 Å². The standard InChI is InChI=1S/C12H13NO2/c1-14-11-5-4-10(7-13)6-12(11)15-8-9-2-3-9/h4-6,9H,2-3,8H2,1H3. The SMILES string of the molecule is COc1ccc(C#N)cc1OCC1CC1. The number of methoxy groups -OCH3 is 1. The number of benzene rings is 1. The van der Waals surface area contributed by atoms with E-state index in [9.17, 15) is 0 Å². The molecule has 1 aromatic carbocycles. The van der Waals surface area contributed by atoms with Gasteiger partial charge in [-0.2, -0.15) is 5.26 Å². The monoisotopic (exact) mass is 203 g/mol. The summed E-state index contributed by atoms with van der Waals surface area (Å²) in [4.78, 5) is 0. The van der Waals surface area contributed by atoms with Gasteiger partial charge < -0.3 is 9.47 Å². The van der Waals surface area contributed by atoms with Crippen LogP contribution in [0.5, 0.6) is 11.5 Å². The molecule has 1 aromatic rings. The van der Waals surface area contributed by atoms with Crippen LogP contribution in [-0.2, 0) is 0 Å². The van der Waals surface area contributed by atoms with Crippen molar-refractivity contribution in [2.75, 3.05) is 13.7 Å². The van der Waals surface area contributed by atoms with Crippen LogP contribution >= 0.6 is 0 Å². The molecule has 0 N–H and O–H groups in total. The van der Waals surface area contributed by atoms with E-state index in [1.54, 1.807) is 25.3 Å². The smallest absolute Gasteiger partial charge is 0.162 e. The summed E-state index contributed by atoms with van der Waals surface area (Å²) in [7, 11) is 1.60. The van der Waals surface area contributed by atoms with Crippen molar-refractivity contribution >= 4 is 0 Å². The maximum absolute atomic E-state index is 8.77. The average molecular weight is 203 g/mol. The lowest BCUT2D eigenvalue weighted by Crippen LogP contribution is -2.01. The molecule has 0 amide bonds. The van der Waals surface area contributed by atoms with Crippen molar-refractivity contribution in [1.82, 2.24) is 0 Å². The van der Waals surface area contributed by atoms with Crippen LogP contribution < -0.4 is 9.47 Å². The lowest BCUT2D eigenvalue weighted by molar-refractivity contribution is 0.280. The summed E-state index contributed by atoms with van der Waals surface area (Å²) in [6.07, 6.45) is 2.50. The van der Waals surface area contributed by atoms with Gasteiger partial charge >= 0.3 is 0 Å². The Hall–Kier alpha value is -1.69. The molecule has 0 radical (unpaired) electrons. The zero-order chi connectivity index (χ0) is 10.7. The molecule has 0 aromatic heterocycles. The zero-order valence-corrected chi connectivity index (χ0v) is 8.69. The molecule has 1 aliphatic carbocycles. The van der Waals surface area contributed by atoms with Gasteiger partial charge in [-0.15, -0.1) is 0 Å². The number of hydrogen-bond acceptors (Lipinski definition) is 3. The Labute approximate surface area is 89.2 Å². The van der Waals surface area contributed by atoms with Gasteiger partial charge in [-0.1, -0.05) is 0 Å². The number of nitrogens with zero attached hydrogens (tertiary/aromatic N) is 1. The summed E-state index contributed by atoms with van der Waals surface area (Å²) in [5, 5.41) is 8.77. The van der Waals surface area contributed by atoms with Crippen LogP contribution in [0.4, 0.5) is 0 Å². The van der Waals surface area contributed by atoms with Crippen molar-refractivity contribution in [2.45, 2.75) is 12.8 Å². The zero-order valence-electron chi connectivity index (χ0n) is 8.69. The van der Waals surface area contributed by atoms with Gasteiger partial charge in [0.25, 0.3) is 0 Å². The van der Waals surface area contributed by atoms with Crippen LogP contribution in [0, 0.1) is 17.2 Å². The van der Waals surface area contributed by atoms with E-state index in [0.717, 1.165) is 6.61 Å². The second kappa shape index (κ2) is 4.22. The maximum Gasteiger partial charge on any atom is 0.162 e. The molecule has 0 bridgehead atoms. The molecule has 0 atom stereocenters. The Morgan fingerprint density at radius 1 is 1.40 bits per heavy atom. The van der Waals surface area contributed by atoms with E-state index in [-0.39, 0.29) is 0 Å². The van der Waals surface area contributed by atoms with Gasteiger partial charge in [0.15, 0.2) is 11.5 Å². The van der Waals surface area contributed by atoms with E-state index in [1.165, 1.54) is 12.8 Å². The predicted molar refractivity (Wildman–Crippen MR) is 55.9 cm³/mol. The van der Waals surface area contributed by atoms with Gasteiger partial charge in [0, 0.05) is 6.07 Å². The Balaban J connectivity index is 2.13. The fourth-order valence-electron chi connectivity index (χ4n) is 1.35. The molecule has 0 unspecified atom stereocenters. The van der Waals surface area contributed by atoms with E-state index in [2.05, 4.69) is 6.07 Å². The van der Waals surface area contributed by atoms with E-state index in [0.29, 0.717) is 23.0 Å². The molecule has 1 saturated carbocycles. The summed E-state index contributed by atoms with van der Waals surface area (Å²) in [6.45, 7) is 0.727. The quantitative estimate of drug-likeness (QED) is 0.754. The van der Waals surface area contributed by atoms with Crippen LogP contribution in [0.25, 0.3) is 0 Å². The number of rotatable bonds is 4. The van der Waals surface area contributed by atoms with E-state index < -0.39 is 0 Å². The van der Waals surface area contributed by atoms with Crippen molar-refractivity contribution < 1.29 is 9.47 Å². The minimum atomic E-state index is 0.599. The summed E-state index contributed by atoms with van der Waals surface area (Å²) in [5.74, 6) is 2.05. The van der Waals surface area contributed by atoms with E-state index >= 15 is 0 Å². The summed E-state index contributed by atoms with van der Waals surface area (Å²) < 4.78 is 10.8. The van der Waals surface area contributed by atoms with Gasteiger partial charge in [-0.05, 0) is 30.9 Å². The largest absolute Gasteiger partial charge is 0.493 e. The van der Waals surface area contributed by atoms with Gasteiger partial charge in [-0.3, -0.25) is 0 Å². The highest BCUT2D eigenvalue weighted by molar-refractivity contribution is 5.46. The van der Waals surface area contributed by atoms with E-state index in [1.807, 2.05) is 0 Å². The first kappa shape index (κ1) is 9.85. The van der Waals surface area contributed by atoms with Crippen LogP contribution in [0.1, 0.15) is 18.4 Å². The second-order valence-corrected chi connectivity index (χ2v) is 3.73. The molecule has 1 fully saturated rings. The summed E-state index contributed by atoms with van der Waals surface area (Å²) >= 11 is 0. The van der Waals surface area contributed by atoms with Gasteiger partial charge in [0.1, 0.15) is 0 Å². The van der Waals surface area contributed by atoms with Crippen LogP contribution in [-0.4, -0.2) is 13.7 Å².